The van der Waals surface area contributed by atoms with E-state index in [4.69, 9.17) is 20.3 Å². The maximum absolute atomic E-state index is 13.6. The van der Waals surface area contributed by atoms with Crippen LogP contribution in [-0.4, -0.2) is 65.6 Å². The highest BCUT2D eigenvalue weighted by atomic mass is 19.4. The minimum Gasteiger partial charge on any atom is -0.481 e. The van der Waals surface area contributed by atoms with Crippen molar-refractivity contribution >= 4 is 23.4 Å². The Morgan fingerprint density at radius 1 is 1.04 bits per heavy atom. The molecule has 50 heavy (non-hydrogen) atoms. The van der Waals surface area contributed by atoms with Gasteiger partial charge in [0.25, 0.3) is 0 Å². The molecule has 4 rings (SSSR count). The minimum atomic E-state index is -5.02. The van der Waals surface area contributed by atoms with E-state index in [1.165, 1.54) is 24.3 Å². The second-order valence-corrected chi connectivity index (χ2v) is 12.2. The number of aromatic nitrogens is 3. The first-order chi connectivity index (χ1) is 23.4. The predicted molar refractivity (Wildman–Crippen MR) is 170 cm³/mol. The normalized spacial score (nSPS) is 17.7. The maximum Gasteiger partial charge on any atom is 0.416 e. The van der Waals surface area contributed by atoms with Gasteiger partial charge >= 0.3 is 24.4 Å². The molecule has 3 N–H and O–H groups in total. The van der Waals surface area contributed by atoms with Gasteiger partial charge in [-0.25, -0.2) is 19.7 Å². The molecule has 272 valence electrons. The Kier molecular flexibility index (Phi) is 11.5. The van der Waals surface area contributed by atoms with E-state index in [-0.39, 0.29) is 60.6 Å². The SMILES string of the molecule is CC[C@]1(N)C[C@H](c2ncc(N(C)C)c(Cc3cc(C(F)(F)F)cc(C(F)(F)F)c3)n2)c2nc(OC)ccc2N1C(=O)OCCCCCC(=O)O. The zero-order valence-electron chi connectivity index (χ0n) is 27.9. The average Bonchev–Trinajstić information content (AvgIpc) is 3.04. The molecule has 2 atom stereocenters. The molecule has 0 radical (unpaired) electrons. The smallest absolute Gasteiger partial charge is 0.416 e. The molecule has 1 aliphatic heterocycles. The molecule has 1 aliphatic rings. The second-order valence-electron chi connectivity index (χ2n) is 12.2. The fraction of sp³-hybridized carbons (Fsp3) is 0.485. The van der Waals surface area contributed by atoms with Gasteiger partial charge in [0.2, 0.25) is 5.88 Å². The molecule has 17 heteroatoms. The third-order valence-electron chi connectivity index (χ3n) is 8.39. The van der Waals surface area contributed by atoms with E-state index in [0.29, 0.717) is 42.8 Å². The second kappa shape index (κ2) is 15.1. The summed E-state index contributed by atoms with van der Waals surface area (Å²) in [5, 5.41) is 8.83. The van der Waals surface area contributed by atoms with Crippen molar-refractivity contribution in [3.63, 3.8) is 0 Å². The van der Waals surface area contributed by atoms with Gasteiger partial charge in [0.15, 0.2) is 0 Å². The van der Waals surface area contributed by atoms with Gasteiger partial charge in [0.1, 0.15) is 11.5 Å². The molecule has 2 aromatic heterocycles. The molecular formula is C33H38F6N6O5. The zero-order chi connectivity index (χ0) is 37.0. The number of alkyl halides is 6. The third kappa shape index (κ3) is 8.73. The number of carbonyl (C=O) groups excluding carboxylic acids is 1. The number of carbonyl (C=O) groups is 2. The molecule has 0 unspecified atom stereocenters. The van der Waals surface area contributed by atoms with Crippen LogP contribution >= 0.6 is 0 Å². The van der Waals surface area contributed by atoms with Crippen LogP contribution in [0.5, 0.6) is 5.88 Å². The molecule has 1 aromatic carbocycles. The summed E-state index contributed by atoms with van der Waals surface area (Å²) in [6.07, 6.45) is -8.14. The van der Waals surface area contributed by atoms with Crippen molar-refractivity contribution in [3.8, 4) is 5.88 Å². The Balaban J connectivity index is 1.76. The number of pyridine rings is 1. The number of amides is 1. The Morgan fingerprint density at radius 2 is 1.70 bits per heavy atom. The molecule has 11 nitrogen and oxygen atoms in total. The van der Waals surface area contributed by atoms with Crippen LogP contribution in [0.25, 0.3) is 0 Å². The van der Waals surface area contributed by atoms with Crippen molar-refractivity contribution in [3.05, 3.63) is 70.4 Å². The molecular weight excluding hydrogens is 674 g/mol. The summed E-state index contributed by atoms with van der Waals surface area (Å²) in [6.45, 7) is 1.78. The van der Waals surface area contributed by atoms with E-state index >= 15 is 0 Å². The van der Waals surface area contributed by atoms with Gasteiger partial charge in [-0.1, -0.05) is 6.92 Å². The zero-order valence-corrected chi connectivity index (χ0v) is 27.9. The molecule has 0 bridgehead atoms. The van der Waals surface area contributed by atoms with Crippen LogP contribution in [0.1, 0.15) is 85.3 Å². The first-order valence-electron chi connectivity index (χ1n) is 15.7. The molecule has 3 aromatic rings. The van der Waals surface area contributed by atoms with Crippen LogP contribution in [-0.2, 0) is 28.3 Å². The highest BCUT2D eigenvalue weighted by Crippen LogP contribution is 2.46. The first kappa shape index (κ1) is 38.1. The molecule has 0 saturated heterocycles. The maximum atomic E-state index is 13.6. The number of carboxylic acid groups (broad SMARTS) is 1. The predicted octanol–water partition coefficient (Wildman–Crippen LogP) is 6.76. The van der Waals surface area contributed by atoms with Gasteiger partial charge in [0, 0.05) is 33.0 Å². The Labute approximate surface area is 284 Å². The standard InChI is InChI=1S/C33H38F6N6O5/c1-5-31(40)17-22(28-24(10-11-26(43-28)49-4)45(31)30(48)50-12-8-6-7-9-27(46)47)29-41-18-25(44(2)3)23(42-29)15-19-13-20(32(34,35)36)16-21(14-19)33(37,38)39/h10-11,13-14,16,18,22H,5-9,12,15,17,40H2,1-4H3,(H,46,47)/t22-,31+/m0/s1. The van der Waals surface area contributed by atoms with E-state index in [9.17, 15) is 35.9 Å². The number of benzene rings is 1. The topological polar surface area (TPSA) is 144 Å². The van der Waals surface area contributed by atoms with Crippen molar-refractivity contribution < 1.29 is 50.5 Å². The summed E-state index contributed by atoms with van der Waals surface area (Å²) < 4.78 is 92.7. The number of fused-ring (bicyclic) bond motifs is 1. The van der Waals surface area contributed by atoms with Crippen LogP contribution < -0.4 is 20.3 Å². The van der Waals surface area contributed by atoms with E-state index in [0.717, 1.165) is 0 Å². The van der Waals surface area contributed by atoms with Gasteiger partial charge in [0.05, 0.1) is 59.7 Å². The number of methoxy groups -OCH3 is 1. The molecule has 0 fully saturated rings. The van der Waals surface area contributed by atoms with Gasteiger partial charge in [-0.3, -0.25) is 9.69 Å². The van der Waals surface area contributed by atoms with Crippen LogP contribution in [0.4, 0.5) is 42.5 Å². The van der Waals surface area contributed by atoms with E-state index in [1.54, 1.807) is 32.0 Å². The van der Waals surface area contributed by atoms with Crippen LogP contribution in [0.2, 0.25) is 0 Å². The number of halogens is 6. The number of rotatable bonds is 12. The molecule has 1 amide bonds. The van der Waals surface area contributed by atoms with E-state index in [2.05, 4.69) is 15.0 Å². The van der Waals surface area contributed by atoms with Crippen molar-refractivity contribution in [2.45, 2.75) is 75.8 Å². The number of nitrogens with two attached hydrogens (primary N) is 1. The first-order valence-corrected chi connectivity index (χ1v) is 15.7. The van der Waals surface area contributed by atoms with Crippen molar-refractivity contribution in [2.75, 3.05) is 37.6 Å². The average molecular weight is 713 g/mol. The van der Waals surface area contributed by atoms with Gasteiger partial charge < -0.3 is 25.2 Å². The van der Waals surface area contributed by atoms with Crippen molar-refractivity contribution in [1.29, 1.82) is 0 Å². The number of ether oxygens (including phenoxy) is 2. The summed E-state index contributed by atoms with van der Waals surface area (Å²) in [5.41, 5.74) is 3.45. The largest absolute Gasteiger partial charge is 0.481 e. The highest BCUT2D eigenvalue weighted by molar-refractivity contribution is 5.91. The number of nitrogens with zero attached hydrogens (tertiary/aromatic N) is 5. The van der Waals surface area contributed by atoms with Gasteiger partial charge in [-0.2, -0.15) is 26.3 Å². The molecule has 0 saturated carbocycles. The lowest BCUT2D eigenvalue weighted by Gasteiger charge is -2.46. The number of hydrogen-bond donors (Lipinski definition) is 2. The Hall–Kier alpha value is -4.67. The lowest BCUT2D eigenvalue weighted by atomic mass is 9.83. The van der Waals surface area contributed by atoms with Crippen LogP contribution in [0.15, 0.2) is 36.5 Å². The van der Waals surface area contributed by atoms with Crippen molar-refractivity contribution in [1.82, 2.24) is 15.0 Å². The fourth-order valence-corrected chi connectivity index (χ4v) is 5.78. The minimum absolute atomic E-state index is 0.00205. The molecule has 0 spiro atoms. The van der Waals surface area contributed by atoms with Crippen LogP contribution in [0, 0.1) is 0 Å². The number of carboxylic acids is 1. The quantitative estimate of drug-likeness (QED) is 0.153. The molecule has 3 heterocycles. The Morgan fingerprint density at radius 3 is 2.26 bits per heavy atom. The van der Waals surface area contributed by atoms with Gasteiger partial charge in [-0.05, 0) is 61.9 Å². The summed E-state index contributed by atoms with van der Waals surface area (Å²) >= 11 is 0. The number of aliphatic carboxylic acids is 1. The fourth-order valence-electron chi connectivity index (χ4n) is 5.78. The number of hydrogen-bond acceptors (Lipinski definition) is 9. The summed E-state index contributed by atoms with van der Waals surface area (Å²) in [4.78, 5) is 41.0. The summed E-state index contributed by atoms with van der Waals surface area (Å²) in [5.74, 6) is -1.38. The molecule has 0 aliphatic carbocycles. The number of unbranched alkanes of at least 4 members (excludes halogenated alkanes) is 2. The van der Waals surface area contributed by atoms with E-state index < -0.39 is 53.5 Å². The third-order valence-corrected chi connectivity index (χ3v) is 8.39. The summed E-state index contributed by atoms with van der Waals surface area (Å²) in [7, 11) is 4.66. The monoisotopic (exact) mass is 712 g/mol. The highest BCUT2D eigenvalue weighted by Gasteiger charge is 2.47. The lowest BCUT2D eigenvalue weighted by molar-refractivity contribution is -0.143. The van der Waals surface area contributed by atoms with E-state index in [1.807, 2.05) is 0 Å². The Bertz CT molecular complexity index is 1670. The van der Waals surface area contributed by atoms with Gasteiger partial charge in [-0.15, -0.1) is 0 Å². The van der Waals surface area contributed by atoms with Crippen molar-refractivity contribution in [2.24, 2.45) is 5.73 Å². The number of anilines is 2. The summed E-state index contributed by atoms with van der Waals surface area (Å²) in [6, 6.07) is 4.50. The van der Waals surface area contributed by atoms with Crippen LogP contribution in [0.3, 0.4) is 0 Å². The lowest BCUT2D eigenvalue weighted by Crippen LogP contribution is -2.61.